The molecular weight excluding hydrogens is 382 g/mol. The SMILES string of the molecule is O=C(O)CC(NC(=O)CCc1ccc(OC(F)(F)F)cc1)c1ccc(F)cc1. The van der Waals surface area contributed by atoms with Crippen LogP contribution in [0, 0.1) is 5.82 Å². The predicted octanol–water partition coefficient (Wildman–Crippen LogP) is 3.99. The van der Waals surface area contributed by atoms with Gasteiger partial charge in [0.05, 0.1) is 12.5 Å². The number of benzene rings is 2. The lowest BCUT2D eigenvalue weighted by molar-refractivity contribution is -0.274. The highest BCUT2D eigenvalue weighted by Crippen LogP contribution is 2.23. The van der Waals surface area contributed by atoms with Crippen molar-refractivity contribution >= 4 is 11.9 Å². The molecule has 2 N–H and O–H groups in total. The third-order valence-electron chi connectivity index (χ3n) is 3.78. The van der Waals surface area contributed by atoms with Gasteiger partial charge in [-0.3, -0.25) is 9.59 Å². The average Bonchev–Trinajstić information content (AvgIpc) is 2.59. The topological polar surface area (TPSA) is 75.6 Å². The minimum atomic E-state index is -4.78. The molecule has 0 spiro atoms. The highest BCUT2D eigenvalue weighted by atomic mass is 19.4. The van der Waals surface area contributed by atoms with Gasteiger partial charge in [0.15, 0.2) is 0 Å². The van der Waals surface area contributed by atoms with E-state index in [0.29, 0.717) is 11.1 Å². The molecule has 9 heteroatoms. The normalized spacial score (nSPS) is 12.3. The van der Waals surface area contributed by atoms with Crippen LogP contribution in [0.3, 0.4) is 0 Å². The standard InChI is InChI=1S/C19H17F4NO4/c20-14-6-4-13(5-7-14)16(11-18(26)27)24-17(25)10-3-12-1-8-15(9-2-12)28-19(21,22)23/h1-2,4-9,16H,3,10-11H2,(H,24,25)(H,26,27). The summed E-state index contributed by atoms with van der Waals surface area (Å²) in [5, 5.41) is 11.6. The maximum atomic E-state index is 13.0. The van der Waals surface area contributed by atoms with Gasteiger partial charge >= 0.3 is 12.3 Å². The van der Waals surface area contributed by atoms with Gasteiger partial charge in [0, 0.05) is 6.42 Å². The van der Waals surface area contributed by atoms with Crippen LogP contribution in [-0.4, -0.2) is 23.3 Å². The molecule has 1 atom stereocenters. The molecule has 1 amide bonds. The van der Waals surface area contributed by atoms with Crippen molar-refractivity contribution in [2.45, 2.75) is 31.7 Å². The van der Waals surface area contributed by atoms with Crippen LogP contribution in [0.2, 0.25) is 0 Å². The van der Waals surface area contributed by atoms with Crippen molar-refractivity contribution in [2.24, 2.45) is 0 Å². The summed E-state index contributed by atoms with van der Waals surface area (Å²) >= 11 is 0. The van der Waals surface area contributed by atoms with Gasteiger partial charge in [-0.1, -0.05) is 24.3 Å². The van der Waals surface area contributed by atoms with Crippen molar-refractivity contribution < 1.29 is 37.0 Å². The highest BCUT2D eigenvalue weighted by Gasteiger charge is 2.30. The number of aliphatic carboxylic acids is 1. The largest absolute Gasteiger partial charge is 0.573 e. The van der Waals surface area contributed by atoms with Crippen molar-refractivity contribution in [1.82, 2.24) is 5.32 Å². The molecule has 0 saturated carbocycles. The van der Waals surface area contributed by atoms with Crippen LogP contribution < -0.4 is 10.1 Å². The molecule has 0 aliphatic heterocycles. The lowest BCUT2D eigenvalue weighted by Crippen LogP contribution is -2.30. The number of hydrogen-bond acceptors (Lipinski definition) is 3. The lowest BCUT2D eigenvalue weighted by Gasteiger charge is -2.17. The quantitative estimate of drug-likeness (QED) is 0.659. The van der Waals surface area contributed by atoms with E-state index < -0.39 is 30.1 Å². The molecule has 0 radical (unpaired) electrons. The fourth-order valence-corrected chi connectivity index (χ4v) is 2.50. The first kappa shape index (κ1) is 21.2. The number of ether oxygens (including phenoxy) is 1. The van der Waals surface area contributed by atoms with Gasteiger partial charge in [-0.05, 0) is 41.8 Å². The van der Waals surface area contributed by atoms with Crippen molar-refractivity contribution in [1.29, 1.82) is 0 Å². The van der Waals surface area contributed by atoms with E-state index in [1.165, 1.54) is 36.4 Å². The van der Waals surface area contributed by atoms with Crippen molar-refractivity contribution in [3.63, 3.8) is 0 Å². The molecular formula is C19H17F4NO4. The number of aryl methyl sites for hydroxylation is 1. The molecule has 0 aliphatic carbocycles. The summed E-state index contributed by atoms with van der Waals surface area (Å²) in [7, 11) is 0. The van der Waals surface area contributed by atoms with E-state index in [0.717, 1.165) is 12.1 Å². The van der Waals surface area contributed by atoms with E-state index in [-0.39, 0.29) is 25.0 Å². The van der Waals surface area contributed by atoms with Crippen molar-refractivity contribution in [2.75, 3.05) is 0 Å². The van der Waals surface area contributed by atoms with Crippen LogP contribution in [0.5, 0.6) is 5.75 Å². The number of alkyl halides is 3. The van der Waals surface area contributed by atoms with E-state index in [4.69, 9.17) is 5.11 Å². The Morgan fingerprint density at radius 3 is 2.18 bits per heavy atom. The van der Waals surface area contributed by atoms with Gasteiger partial charge in [-0.2, -0.15) is 0 Å². The van der Waals surface area contributed by atoms with Gasteiger partial charge in [0.25, 0.3) is 0 Å². The number of carboxylic acids is 1. The fourth-order valence-electron chi connectivity index (χ4n) is 2.50. The van der Waals surface area contributed by atoms with Crippen LogP contribution in [0.1, 0.15) is 30.0 Å². The zero-order valence-electron chi connectivity index (χ0n) is 14.5. The summed E-state index contributed by atoms with van der Waals surface area (Å²) in [4.78, 5) is 23.2. The number of carbonyl (C=O) groups excluding carboxylic acids is 1. The molecule has 2 aromatic carbocycles. The van der Waals surface area contributed by atoms with Gasteiger partial charge in [0.2, 0.25) is 5.91 Å². The van der Waals surface area contributed by atoms with E-state index in [9.17, 15) is 27.2 Å². The molecule has 0 fully saturated rings. The Morgan fingerprint density at radius 2 is 1.64 bits per heavy atom. The molecule has 5 nitrogen and oxygen atoms in total. The summed E-state index contributed by atoms with van der Waals surface area (Å²) in [5.74, 6) is -2.42. The number of amides is 1. The third kappa shape index (κ3) is 7.26. The molecule has 0 saturated heterocycles. The Morgan fingerprint density at radius 1 is 1.04 bits per heavy atom. The molecule has 0 aliphatic rings. The first-order valence-corrected chi connectivity index (χ1v) is 8.24. The second kappa shape index (κ2) is 9.20. The highest BCUT2D eigenvalue weighted by molar-refractivity contribution is 5.78. The summed E-state index contributed by atoms with van der Waals surface area (Å²) < 4.78 is 53.2. The van der Waals surface area contributed by atoms with Crippen molar-refractivity contribution in [3.05, 3.63) is 65.5 Å². The Kier molecular flexibility index (Phi) is 6.97. The summed E-state index contributed by atoms with van der Waals surface area (Å²) in [6, 6.07) is 9.39. The van der Waals surface area contributed by atoms with E-state index in [2.05, 4.69) is 10.1 Å². The van der Waals surface area contributed by atoms with Gasteiger partial charge in [-0.25, -0.2) is 4.39 Å². The predicted molar refractivity (Wildman–Crippen MR) is 91.0 cm³/mol. The molecule has 2 rings (SSSR count). The zero-order valence-corrected chi connectivity index (χ0v) is 14.5. The molecule has 150 valence electrons. The average molecular weight is 399 g/mol. The monoisotopic (exact) mass is 399 g/mol. The summed E-state index contributed by atoms with van der Waals surface area (Å²) in [6.45, 7) is 0. The minimum Gasteiger partial charge on any atom is -0.481 e. The maximum absolute atomic E-state index is 13.0. The lowest BCUT2D eigenvalue weighted by atomic mass is 10.0. The maximum Gasteiger partial charge on any atom is 0.573 e. The number of carboxylic acid groups (broad SMARTS) is 1. The number of carbonyl (C=O) groups is 2. The number of nitrogens with one attached hydrogen (secondary N) is 1. The first-order valence-electron chi connectivity index (χ1n) is 8.24. The zero-order chi connectivity index (χ0) is 20.7. The van der Waals surface area contributed by atoms with Gasteiger partial charge in [0.1, 0.15) is 11.6 Å². The Hall–Kier alpha value is -3.10. The molecule has 2 aromatic rings. The Bertz CT molecular complexity index is 804. The van der Waals surface area contributed by atoms with Crippen molar-refractivity contribution in [3.8, 4) is 5.75 Å². The van der Waals surface area contributed by atoms with Gasteiger partial charge in [-0.15, -0.1) is 13.2 Å². The molecule has 1 unspecified atom stereocenters. The number of hydrogen-bond donors (Lipinski definition) is 2. The third-order valence-corrected chi connectivity index (χ3v) is 3.78. The van der Waals surface area contributed by atoms with E-state index >= 15 is 0 Å². The summed E-state index contributed by atoms with van der Waals surface area (Å²) in [5.41, 5.74) is 1.06. The molecule has 0 heterocycles. The molecule has 0 bridgehead atoms. The van der Waals surface area contributed by atoms with Crippen LogP contribution >= 0.6 is 0 Å². The second-order valence-electron chi connectivity index (χ2n) is 5.96. The Balaban J connectivity index is 1.93. The molecule has 0 aromatic heterocycles. The molecule has 28 heavy (non-hydrogen) atoms. The smallest absolute Gasteiger partial charge is 0.481 e. The number of halogens is 4. The van der Waals surface area contributed by atoms with E-state index in [1.807, 2.05) is 0 Å². The minimum absolute atomic E-state index is 0.00319. The van der Waals surface area contributed by atoms with Crippen LogP contribution in [0.4, 0.5) is 17.6 Å². The van der Waals surface area contributed by atoms with E-state index in [1.54, 1.807) is 0 Å². The number of rotatable bonds is 8. The summed E-state index contributed by atoms with van der Waals surface area (Å²) in [6.07, 6.45) is -4.92. The van der Waals surface area contributed by atoms with Crippen LogP contribution in [0.15, 0.2) is 48.5 Å². The second-order valence-corrected chi connectivity index (χ2v) is 5.96. The van der Waals surface area contributed by atoms with Gasteiger partial charge < -0.3 is 15.2 Å². The van der Waals surface area contributed by atoms with Crippen LogP contribution in [0.25, 0.3) is 0 Å². The van der Waals surface area contributed by atoms with Crippen LogP contribution in [-0.2, 0) is 16.0 Å². The Labute approximate surface area is 157 Å². The first-order chi connectivity index (χ1) is 13.1. The fraction of sp³-hybridized carbons (Fsp3) is 0.263.